The number of methoxy groups -OCH3 is 1. The summed E-state index contributed by atoms with van der Waals surface area (Å²) in [5.41, 5.74) is 0. The summed E-state index contributed by atoms with van der Waals surface area (Å²) in [6.45, 7) is 0.740. The molecule has 0 radical (unpaired) electrons. The van der Waals surface area contributed by atoms with E-state index in [4.69, 9.17) is 21.1 Å². The van der Waals surface area contributed by atoms with Crippen molar-refractivity contribution in [1.29, 1.82) is 0 Å². The lowest BCUT2D eigenvalue weighted by atomic mass is 10.2. The van der Waals surface area contributed by atoms with E-state index in [0.29, 0.717) is 0 Å². The molecule has 0 aliphatic rings. The molecule has 0 amide bonds. The predicted molar refractivity (Wildman–Crippen MR) is 63.1 cm³/mol. The molecule has 15 heavy (non-hydrogen) atoms. The first-order chi connectivity index (χ1) is 7.36. The summed E-state index contributed by atoms with van der Waals surface area (Å²) in [7, 11) is 1.65. The second kappa shape index (κ2) is 7.41. The topological polar surface area (TPSA) is 18.5 Å². The molecule has 0 atom stereocenters. The highest BCUT2D eigenvalue weighted by Gasteiger charge is 1.96. The fraction of sp³-hybridized carbons (Fsp3) is 0.500. The minimum Gasteiger partial charge on any atom is -0.497 e. The highest BCUT2D eigenvalue weighted by atomic mass is 35.5. The number of unbranched alkanes of at least 4 members (excludes halogenated alkanes) is 2. The number of rotatable bonds is 7. The molecule has 3 heteroatoms. The van der Waals surface area contributed by atoms with Gasteiger partial charge < -0.3 is 9.47 Å². The van der Waals surface area contributed by atoms with Crippen molar-refractivity contribution in [3.63, 3.8) is 0 Å². The average molecular weight is 229 g/mol. The van der Waals surface area contributed by atoms with Crippen LogP contribution in [0.25, 0.3) is 0 Å². The zero-order chi connectivity index (χ0) is 10.9. The molecule has 0 fully saturated rings. The quantitative estimate of drug-likeness (QED) is 0.526. The van der Waals surface area contributed by atoms with E-state index in [9.17, 15) is 0 Å². The fourth-order valence-electron chi connectivity index (χ4n) is 1.25. The van der Waals surface area contributed by atoms with E-state index >= 15 is 0 Å². The Morgan fingerprint density at radius 1 is 1.13 bits per heavy atom. The van der Waals surface area contributed by atoms with Crippen molar-refractivity contribution in [2.45, 2.75) is 19.3 Å². The third-order valence-electron chi connectivity index (χ3n) is 2.09. The molecule has 0 aliphatic heterocycles. The van der Waals surface area contributed by atoms with Crippen LogP contribution in [-0.2, 0) is 0 Å². The van der Waals surface area contributed by atoms with E-state index in [2.05, 4.69) is 0 Å². The van der Waals surface area contributed by atoms with Crippen LogP contribution < -0.4 is 9.47 Å². The van der Waals surface area contributed by atoms with Gasteiger partial charge in [-0.3, -0.25) is 0 Å². The molecule has 84 valence electrons. The van der Waals surface area contributed by atoms with E-state index in [0.717, 1.165) is 43.2 Å². The molecule has 1 aromatic carbocycles. The van der Waals surface area contributed by atoms with Gasteiger partial charge in [-0.1, -0.05) is 6.07 Å². The third kappa shape index (κ3) is 4.93. The summed E-state index contributed by atoms with van der Waals surface area (Å²) in [5.74, 6) is 2.42. The Morgan fingerprint density at radius 2 is 1.93 bits per heavy atom. The first-order valence-corrected chi connectivity index (χ1v) is 5.73. The van der Waals surface area contributed by atoms with Crippen molar-refractivity contribution < 1.29 is 9.47 Å². The van der Waals surface area contributed by atoms with Gasteiger partial charge in [-0.05, 0) is 31.4 Å². The molecule has 0 aromatic heterocycles. The van der Waals surface area contributed by atoms with Crippen LogP contribution >= 0.6 is 11.6 Å². The first-order valence-electron chi connectivity index (χ1n) is 5.19. The summed E-state index contributed by atoms with van der Waals surface area (Å²) >= 11 is 5.58. The summed E-state index contributed by atoms with van der Waals surface area (Å²) in [5, 5.41) is 0. The lowest BCUT2D eigenvalue weighted by molar-refractivity contribution is 0.304. The number of halogens is 1. The summed E-state index contributed by atoms with van der Waals surface area (Å²) in [6.07, 6.45) is 3.22. The zero-order valence-electron chi connectivity index (χ0n) is 9.04. The third-order valence-corrected chi connectivity index (χ3v) is 2.36. The Hall–Kier alpha value is -0.890. The largest absolute Gasteiger partial charge is 0.497 e. The molecule has 0 spiro atoms. The standard InChI is InChI=1S/C12H17ClO2/c1-14-11-6-5-7-12(10-11)15-9-4-2-3-8-13/h5-7,10H,2-4,8-9H2,1H3. The van der Waals surface area contributed by atoms with Gasteiger partial charge in [-0.15, -0.1) is 11.6 Å². The highest BCUT2D eigenvalue weighted by Crippen LogP contribution is 2.18. The van der Waals surface area contributed by atoms with Crippen molar-refractivity contribution in [1.82, 2.24) is 0 Å². The fourth-order valence-corrected chi connectivity index (χ4v) is 1.44. The van der Waals surface area contributed by atoms with Crippen LogP contribution in [0.2, 0.25) is 0 Å². The van der Waals surface area contributed by atoms with Crippen molar-refractivity contribution in [3.05, 3.63) is 24.3 Å². The molecular formula is C12H17ClO2. The smallest absolute Gasteiger partial charge is 0.122 e. The molecule has 0 N–H and O–H groups in total. The number of hydrogen-bond donors (Lipinski definition) is 0. The Labute approximate surface area is 96.2 Å². The SMILES string of the molecule is COc1cccc(OCCCCCCl)c1. The minimum atomic E-state index is 0.735. The van der Waals surface area contributed by atoms with Crippen molar-refractivity contribution in [3.8, 4) is 11.5 Å². The highest BCUT2D eigenvalue weighted by molar-refractivity contribution is 6.17. The van der Waals surface area contributed by atoms with E-state index in [1.807, 2.05) is 24.3 Å². The molecular weight excluding hydrogens is 212 g/mol. The van der Waals surface area contributed by atoms with Crippen molar-refractivity contribution in [2.24, 2.45) is 0 Å². The zero-order valence-corrected chi connectivity index (χ0v) is 9.80. The summed E-state index contributed by atoms with van der Waals surface area (Å²) in [6, 6.07) is 7.65. The van der Waals surface area contributed by atoms with Gasteiger partial charge in [0.25, 0.3) is 0 Å². The molecule has 0 saturated carbocycles. The maximum absolute atomic E-state index is 5.58. The summed E-state index contributed by atoms with van der Waals surface area (Å²) < 4.78 is 10.7. The van der Waals surface area contributed by atoms with Crippen LogP contribution in [0.1, 0.15) is 19.3 Å². The molecule has 0 unspecified atom stereocenters. The van der Waals surface area contributed by atoms with Gasteiger partial charge in [0, 0.05) is 11.9 Å². The number of ether oxygens (including phenoxy) is 2. The van der Waals surface area contributed by atoms with Crippen molar-refractivity contribution in [2.75, 3.05) is 19.6 Å². The van der Waals surface area contributed by atoms with E-state index in [1.54, 1.807) is 7.11 Å². The molecule has 0 bridgehead atoms. The van der Waals surface area contributed by atoms with Crippen LogP contribution in [0.15, 0.2) is 24.3 Å². The monoisotopic (exact) mass is 228 g/mol. The number of benzene rings is 1. The second-order valence-corrected chi connectivity index (χ2v) is 3.66. The van der Waals surface area contributed by atoms with Crippen LogP contribution in [0.5, 0.6) is 11.5 Å². The lowest BCUT2D eigenvalue weighted by Crippen LogP contribution is -1.97. The van der Waals surface area contributed by atoms with Crippen LogP contribution in [0.4, 0.5) is 0 Å². The van der Waals surface area contributed by atoms with Crippen LogP contribution in [0, 0.1) is 0 Å². The van der Waals surface area contributed by atoms with Gasteiger partial charge >= 0.3 is 0 Å². The summed E-state index contributed by atoms with van der Waals surface area (Å²) in [4.78, 5) is 0. The maximum Gasteiger partial charge on any atom is 0.122 e. The normalized spacial score (nSPS) is 10.0. The maximum atomic E-state index is 5.58. The first kappa shape index (κ1) is 12.2. The van der Waals surface area contributed by atoms with Gasteiger partial charge in [-0.2, -0.15) is 0 Å². The molecule has 1 rings (SSSR count). The Bertz CT molecular complexity index is 276. The van der Waals surface area contributed by atoms with E-state index < -0.39 is 0 Å². The van der Waals surface area contributed by atoms with E-state index in [-0.39, 0.29) is 0 Å². The molecule has 2 nitrogen and oxygen atoms in total. The molecule has 0 saturated heterocycles. The Morgan fingerprint density at radius 3 is 2.67 bits per heavy atom. The van der Waals surface area contributed by atoms with Gasteiger partial charge in [0.1, 0.15) is 11.5 Å². The van der Waals surface area contributed by atoms with Gasteiger partial charge in [0.15, 0.2) is 0 Å². The Balaban J connectivity index is 2.24. The Kier molecular flexibility index (Phi) is 6.02. The molecule has 1 aromatic rings. The number of hydrogen-bond acceptors (Lipinski definition) is 2. The van der Waals surface area contributed by atoms with Gasteiger partial charge in [-0.25, -0.2) is 0 Å². The van der Waals surface area contributed by atoms with E-state index in [1.165, 1.54) is 0 Å². The average Bonchev–Trinajstić information content (AvgIpc) is 2.29. The molecule has 0 heterocycles. The van der Waals surface area contributed by atoms with Crippen LogP contribution in [0.3, 0.4) is 0 Å². The van der Waals surface area contributed by atoms with Gasteiger partial charge in [0.05, 0.1) is 13.7 Å². The number of alkyl halides is 1. The van der Waals surface area contributed by atoms with Gasteiger partial charge in [0.2, 0.25) is 0 Å². The molecule has 0 aliphatic carbocycles. The minimum absolute atomic E-state index is 0.735. The second-order valence-electron chi connectivity index (χ2n) is 3.28. The lowest BCUT2D eigenvalue weighted by Gasteiger charge is -2.07. The van der Waals surface area contributed by atoms with Crippen molar-refractivity contribution >= 4 is 11.6 Å². The van der Waals surface area contributed by atoms with Crippen LogP contribution in [-0.4, -0.2) is 19.6 Å². The predicted octanol–water partition coefficient (Wildman–Crippen LogP) is 3.48.